The molecule has 0 unspecified atom stereocenters. The third-order valence-corrected chi connectivity index (χ3v) is 7.03. The summed E-state index contributed by atoms with van der Waals surface area (Å²) in [6, 6.07) is 8.43. The molecule has 2 aromatic carbocycles. The van der Waals surface area contributed by atoms with Gasteiger partial charge in [-0.05, 0) is 23.8 Å². The summed E-state index contributed by atoms with van der Waals surface area (Å²) in [5.74, 6) is -1.14. The van der Waals surface area contributed by atoms with Gasteiger partial charge in [0.1, 0.15) is 77.4 Å². The molecule has 2 aromatic rings. The van der Waals surface area contributed by atoms with E-state index in [2.05, 4.69) is 0 Å². The maximum atomic E-state index is 13.0. The quantitative estimate of drug-likeness (QED) is 0.101. The van der Waals surface area contributed by atoms with Crippen LogP contribution in [-0.4, -0.2) is 133 Å². The van der Waals surface area contributed by atoms with Crippen LogP contribution in [0.2, 0.25) is 0 Å². The van der Waals surface area contributed by atoms with E-state index in [0.29, 0.717) is 5.56 Å². The zero-order chi connectivity index (χ0) is 31.4. The Labute approximate surface area is 245 Å². The number of benzene rings is 2. The van der Waals surface area contributed by atoms with E-state index in [-0.39, 0.29) is 22.8 Å². The van der Waals surface area contributed by atoms with E-state index < -0.39 is 86.2 Å². The van der Waals surface area contributed by atoms with Crippen molar-refractivity contribution < 1.29 is 74.4 Å². The second-order valence-electron chi connectivity index (χ2n) is 9.92. The third-order valence-electron chi connectivity index (χ3n) is 7.03. The number of phenols is 1. The molecule has 2 fully saturated rings. The lowest BCUT2D eigenvalue weighted by Crippen LogP contribution is -2.60. The van der Waals surface area contributed by atoms with Gasteiger partial charge in [-0.3, -0.25) is 4.79 Å². The number of carbonyl (C=O) groups is 1. The van der Waals surface area contributed by atoms with Crippen molar-refractivity contribution in [3.05, 3.63) is 53.6 Å². The Morgan fingerprint density at radius 1 is 0.767 bits per heavy atom. The van der Waals surface area contributed by atoms with Crippen LogP contribution in [0.25, 0.3) is 6.08 Å². The molecule has 43 heavy (non-hydrogen) atoms. The number of hydrogen-bond acceptors (Lipinski definition) is 15. The van der Waals surface area contributed by atoms with Gasteiger partial charge in [-0.1, -0.05) is 18.2 Å². The number of carbonyl (C=O) groups excluding carboxylic acids is 1. The number of phenolic OH excluding ortho intramolecular Hbond substituents is 1. The fourth-order valence-electron chi connectivity index (χ4n) is 4.56. The molecular formula is C28H34O15. The molecule has 15 nitrogen and oxygen atoms in total. The van der Waals surface area contributed by atoms with Crippen molar-refractivity contribution >= 4 is 11.9 Å². The van der Waals surface area contributed by atoms with Crippen LogP contribution in [0.15, 0.2) is 42.5 Å². The molecule has 236 valence electrons. The summed E-state index contributed by atoms with van der Waals surface area (Å²) in [7, 11) is 1.25. The summed E-state index contributed by atoms with van der Waals surface area (Å²) in [6.45, 7) is -1.26. The molecule has 0 saturated carbocycles. The van der Waals surface area contributed by atoms with Gasteiger partial charge >= 0.3 is 0 Å². The Bertz CT molecular complexity index is 1260. The van der Waals surface area contributed by atoms with Gasteiger partial charge in [0.05, 0.1) is 20.3 Å². The van der Waals surface area contributed by atoms with Crippen molar-refractivity contribution in [3.63, 3.8) is 0 Å². The van der Waals surface area contributed by atoms with Crippen molar-refractivity contribution in [2.24, 2.45) is 0 Å². The van der Waals surface area contributed by atoms with Crippen LogP contribution >= 0.6 is 0 Å². The molecule has 10 atom stereocenters. The van der Waals surface area contributed by atoms with E-state index in [1.165, 1.54) is 37.5 Å². The highest BCUT2D eigenvalue weighted by Crippen LogP contribution is 2.36. The molecule has 0 aromatic heterocycles. The predicted octanol–water partition coefficient (Wildman–Crippen LogP) is -2.35. The normalized spacial score (nSPS) is 32.9. The van der Waals surface area contributed by atoms with Crippen LogP contribution in [0.3, 0.4) is 0 Å². The van der Waals surface area contributed by atoms with E-state index in [1.807, 2.05) is 0 Å². The van der Waals surface area contributed by atoms with E-state index in [0.717, 1.165) is 6.07 Å². The Morgan fingerprint density at radius 3 is 1.77 bits per heavy atom. The highest BCUT2D eigenvalue weighted by Gasteiger charge is 2.46. The van der Waals surface area contributed by atoms with Crippen molar-refractivity contribution in [2.75, 3.05) is 20.3 Å². The molecule has 0 aliphatic carbocycles. The minimum atomic E-state index is -1.69. The Morgan fingerprint density at radius 2 is 1.28 bits per heavy atom. The summed E-state index contributed by atoms with van der Waals surface area (Å²) < 4.78 is 26.9. The fraction of sp³-hybridized carbons (Fsp3) is 0.464. The van der Waals surface area contributed by atoms with Gasteiger partial charge < -0.3 is 69.6 Å². The minimum Gasteiger partial charge on any atom is -0.507 e. The first kappa shape index (κ1) is 32.6. The number of aliphatic hydroxyl groups excluding tert-OH is 8. The highest BCUT2D eigenvalue weighted by molar-refractivity contribution is 6.10. The average Bonchev–Trinajstić information content (AvgIpc) is 3.00. The lowest BCUT2D eigenvalue weighted by Gasteiger charge is -2.39. The van der Waals surface area contributed by atoms with Crippen LogP contribution in [0.1, 0.15) is 15.9 Å². The first-order chi connectivity index (χ1) is 20.5. The first-order valence-corrected chi connectivity index (χ1v) is 13.2. The molecule has 4 rings (SSSR count). The third kappa shape index (κ3) is 7.08. The number of hydrogen-bond donors (Lipinski definition) is 9. The lowest BCUT2D eigenvalue weighted by atomic mass is 9.99. The van der Waals surface area contributed by atoms with Gasteiger partial charge in [0, 0.05) is 12.1 Å². The Hall–Kier alpha value is -3.35. The van der Waals surface area contributed by atoms with Gasteiger partial charge in [-0.15, -0.1) is 0 Å². The number of aromatic hydroxyl groups is 1. The summed E-state index contributed by atoms with van der Waals surface area (Å²) in [5, 5.41) is 89.3. The Balaban J connectivity index is 1.43. The largest absolute Gasteiger partial charge is 0.507 e. The molecule has 0 spiro atoms. The molecule has 0 bridgehead atoms. The molecule has 2 heterocycles. The van der Waals surface area contributed by atoms with E-state index >= 15 is 0 Å². The van der Waals surface area contributed by atoms with Crippen LogP contribution in [0.5, 0.6) is 23.0 Å². The minimum absolute atomic E-state index is 0.0856. The smallest absolute Gasteiger partial charge is 0.229 e. The van der Waals surface area contributed by atoms with Crippen LogP contribution < -0.4 is 14.2 Å². The molecule has 2 aliphatic rings. The summed E-state index contributed by atoms with van der Waals surface area (Å²) in [5.41, 5.74) is 0.331. The van der Waals surface area contributed by atoms with Gasteiger partial charge in [0.25, 0.3) is 0 Å². The lowest BCUT2D eigenvalue weighted by molar-refractivity contribution is -0.277. The van der Waals surface area contributed by atoms with Gasteiger partial charge in [0.2, 0.25) is 12.6 Å². The van der Waals surface area contributed by atoms with Gasteiger partial charge in [-0.25, -0.2) is 0 Å². The van der Waals surface area contributed by atoms with Crippen LogP contribution in [-0.2, 0) is 9.47 Å². The number of ketones is 1. The molecule has 2 aliphatic heterocycles. The second-order valence-corrected chi connectivity index (χ2v) is 9.92. The van der Waals surface area contributed by atoms with Gasteiger partial charge in [-0.2, -0.15) is 0 Å². The van der Waals surface area contributed by atoms with Crippen molar-refractivity contribution in [1.29, 1.82) is 0 Å². The highest BCUT2D eigenvalue weighted by atomic mass is 16.7. The maximum absolute atomic E-state index is 13.0. The standard InChI is InChI=1S/C28H34O15/c1-39-17-9-14(41-28-26(38)24(36)22(34)19(11-30)43-28)8-16(32)20(17)15(31)7-4-12-2-5-13(6-3-12)40-27-25(37)23(35)21(33)18(10-29)42-27/h2-9,18-19,21-30,32-38H,10-11H2,1H3/b7-4+/t18-,19+,21-,22-,23+,24+,25-,26-,27+,28+/m1/s1. The van der Waals surface area contributed by atoms with E-state index in [1.54, 1.807) is 12.1 Å². The fourth-order valence-corrected chi connectivity index (χ4v) is 4.56. The average molecular weight is 611 g/mol. The van der Waals surface area contributed by atoms with Gasteiger partial charge in [0.15, 0.2) is 5.78 Å². The van der Waals surface area contributed by atoms with E-state index in [4.69, 9.17) is 23.7 Å². The molecule has 9 N–H and O–H groups in total. The molecular weight excluding hydrogens is 576 g/mol. The van der Waals surface area contributed by atoms with E-state index in [9.17, 15) is 50.8 Å². The molecule has 15 heteroatoms. The molecule has 2 saturated heterocycles. The topological polar surface area (TPSA) is 245 Å². The van der Waals surface area contributed by atoms with Crippen molar-refractivity contribution in [2.45, 2.75) is 61.4 Å². The van der Waals surface area contributed by atoms with Crippen LogP contribution in [0, 0.1) is 0 Å². The molecule has 0 amide bonds. The Kier molecular flexibility index (Phi) is 10.6. The first-order valence-electron chi connectivity index (χ1n) is 13.2. The van der Waals surface area contributed by atoms with Crippen molar-refractivity contribution in [1.82, 2.24) is 0 Å². The summed E-state index contributed by atoms with van der Waals surface area (Å²) in [6.07, 6.45) is -12.2. The predicted molar refractivity (Wildman–Crippen MR) is 143 cm³/mol. The zero-order valence-electron chi connectivity index (χ0n) is 22.8. The summed E-state index contributed by atoms with van der Waals surface area (Å²) >= 11 is 0. The number of ether oxygens (including phenoxy) is 5. The zero-order valence-corrected chi connectivity index (χ0v) is 22.8. The van der Waals surface area contributed by atoms with Crippen LogP contribution in [0.4, 0.5) is 0 Å². The number of methoxy groups -OCH3 is 1. The second kappa shape index (κ2) is 14.0. The van der Waals surface area contributed by atoms with Crippen molar-refractivity contribution in [3.8, 4) is 23.0 Å². The number of allylic oxidation sites excluding steroid dienone is 1. The SMILES string of the molecule is COc1cc(O[C@H]2O[C@@H](CO)[C@@H](O)[C@H](O)[C@H]2O)cc(O)c1C(=O)/C=C/c1ccc(O[C@H]2O[C@H](CO)[C@@H](O)[C@H](O)[C@H]2O)cc1. The maximum Gasteiger partial charge on any atom is 0.229 e. The molecule has 0 radical (unpaired) electrons. The monoisotopic (exact) mass is 610 g/mol. The summed E-state index contributed by atoms with van der Waals surface area (Å²) in [4.78, 5) is 13.0. The number of rotatable bonds is 10. The number of aliphatic hydroxyl groups is 8.